The number of rotatable bonds is 6. The Balaban J connectivity index is 2.02. The number of pyridine rings is 1. The summed E-state index contributed by atoms with van der Waals surface area (Å²) in [6.07, 6.45) is 1.33. The number of nitriles is 1. The number of ether oxygens (including phenoxy) is 2. The van der Waals surface area contributed by atoms with Crippen LogP contribution >= 0.6 is 24.0 Å². The SMILES string of the molecule is CCOC(=O)N1CCN(c2c(C=C3SC(=S)N(CCOC)C3=O)c(C)c(C#N)c(=O)n2C)CC1. The molecule has 1 aromatic rings. The highest BCUT2D eigenvalue weighted by Gasteiger charge is 2.33. The number of anilines is 1. The number of carbonyl (C=O) groups is 2. The Labute approximate surface area is 207 Å². The van der Waals surface area contributed by atoms with Crippen molar-refractivity contribution in [3.63, 3.8) is 0 Å². The molecule has 0 spiro atoms. The van der Waals surface area contributed by atoms with Gasteiger partial charge in [-0.15, -0.1) is 0 Å². The maximum atomic E-state index is 13.0. The molecule has 3 rings (SSSR count). The molecule has 12 heteroatoms. The molecule has 1 aromatic heterocycles. The summed E-state index contributed by atoms with van der Waals surface area (Å²) < 4.78 is 12.0. The van der Waals surface area contributed by atoms with Gasteiger partial charge >= 0.3 is 6.09 Å². The lowest BCUT2D eigenvalue weighted by molar-refractivity contribution is -0.122. The van der Waals surface area contributed by atoms with Gasteiger partial charge in [0, 0.05) is 45.9 Å². The van der Waals surface area contributed by atoms with Crippen LogP contribution in [0, 0.1) is 18.3 Å². The summed E-state index contributed by atoms with van der Waals surface area (Å²) in [5.41, 5.74) is 0.719. The lowest BCUT2D eigenvalue weighted by Crippen LogP contribution is -2.50. The second-order valence-corrected chi connectivity index (χ2v) is 9.39. The van der Waals surface area contributed by atoms with Crippen LogP contribution in [0.1, 0.15) is 23.6 Å². The molecule has 2 aliphatic heterocycles. The number of amides is 2. The molecule has 2 aliphatic rings. The van der Waals surface area contributed by atoms with Gasteiger partial charge < -0.3 is 19.3 Å². The van der Waals surface area contributed by atoms with E-state index in [0.29, 0.717) is 72.1 Å². The van der Waals surface area contributed by atoms with Crippen LogP contribution in [0.4, 0.5) is 10.6 Å². The lowest BCUT2D eigenvalue weighted by Gasteiger charge is -2.37. The van der Waals surface area contributed by atoms with Crippen molar-refractivity contribution in [3.8, 4) is 6.07 Å². The molecule has 10 nitrogen and oxygen atoms in total. The maximum Gasteiger partial charge on any atom is 0.409 e. The zero-order valence-corrected chi connectivity index (χ0v) is 21.3. The molecule has 0 bridgehead atoms. The van der Waals surface area contributed by atoms with Gasteiger partial charge in [0.05, 0.1) is 24.7 Å². The first-order valence-corrected chi connectivity index (χ1v) is 12.0. The van der Waals surface area contributed by atoms with E-state index in [4.69, 9.17) is 21.7 Å². The number of carbonyl (C=O) groups excluding carboxylic acids is 2. The van der Waals surface area contributed by atoms with Crippen LogP contribution in [0.3, 0.4) is 0 Å². The molecule has 182 valence electrons. The van der Waals surface area contributed by atoms with E-state index in [-0.39, 0.29) is 17.6 Å². The molecule has 34 heavy (non-hydrogen) atoms. The molecule has 3 heterocycles. The molecule has 0 unspecified atom stereocenters. The van der Waals surface area contributed by atoms with Gasteiger partial charge in [-0.25, -0.2) is 4.79 Å². The molecule has 2 saturated heterocycles. The number of methoxy groups -OCH3 is 1. The average Bonchev–Trinajstić information content (AvgIpc) is 3.09. The zero-order chi connectivity index (χ0) is 25.0. The Morgan fingerprint density at radius 3 is 2.53 bits per heavy atom. The highest BCUT2D eigenvalue weighted by molar-refractivity contribution is 8.26. The summed E-state index contributed by atoms with van der Waals surface area (Å²) >= 11 is 6.55. The van der Waals surface area contributed by atoms with E-state index >= 15 is 0 Å². The Morgan fingerprint density at radius 1 is 1.26 bits per heavy atom. The van der Waals surface area contributed by atoms with Crippen molar-refractivity contribution in [2.45, 2.75) is 13.8 Å². The van der Waals surface area contributed by atoms with Gasteiger partial charge in [0.25, 0.3) is 11.5 Å². The number of hydrogen-bond donors (Lipinski definition) is 0. The van der Waals surface area contributed by atoms with Crippen LogP contribution in [-0.2, 0) is 21.3 Å². The van der Waals surface area contributed by atoms with Gasteiger partial charge in [-0.1, -0.05) is 24.0 Å². The first kappa shape index (κ1) is 25.7. The number of piperazine rings is 1. The van der Waals surface area contributed by atoms with E-state index in [0.717, 1.165) is 0 Å². The minimum absolute atomic E-state index is 0.0255. The van der Waals surface area contributed by atoms with Crippen molar-refractivity contribution in [1.82, 2.24) is 14.4 Å². The first-order chi connectivity index (χ1) is 16.2. The van der Waals surface area contributed by atoms with Crippen molar-refractivity contribution < 1.29 is 19.1 Å². The van der Waals surface area contributed by atoms with E-state index in [1.54, 1.807) is 39.0 Å². The molecule has 0 N–H and O–H groups in total. The molecule has 0 saturated carbocycles. The molecule has 2 fully saturated rings. The van der Waals surface area contributed by atoms with Crippen molar-refractivity contribution in [2.24, 2.45) is 7.05 Å². The zero-order valence-electron chi connectivity index (χ0n) is 19.6. The standard InChI is InChI=1S/C22H27N5O5S2/c1-5-32-21(30)26-8-6-25(7-9-26)18-15(14(2)16(13-23)19(28)24(18)3)12-17-20(29)27(10-11-31-4)22(33)34-17/h12H,5-11H2,1-4H3. The Hall–Kier alpha value is -2.88. The summed E-state index contributed by atoms with van der Waals surface area (Å²) in [5.74, 6) is 0.351. The summed E-state index contributed by atoms with van der Waals surface area (Å²) in [6, 6.07) is 2.00. The van der Waals surface area contributed by atoms with Crippen LogP contribution < -0.4 is 10.5 Å². The van der Waals surface area contributed by atoms with Crippen LogP contribution in [0.2, 0.25) is 0 Å². The third-order valence-electron chi connectivity index (χ3n) is 5.74. The fraction of sp³-hybridized carbons (Fsp3) is 0.500. The van der Waals surface area contributed by atoms with Crippen molar-refractivity contribution in [3.05, 3.63) is 31.9 Å². The van der Waals surface area contributed by atoms with Crippen molar-refractivity contribution in [1.29, 1.82) is 5.26 Å². The monoisotopic (exact) mass is 505 g/mol. The van der Waals surface area contributed by atoms with Gasteiger partial charge in [-0.2, -0.15) is 5.26 Å². The minimum Gasteiger partial charge on any atom is -0.450 e. The van der Waals surface area contributed by atoms with E-state index in [2.05, 4.69) is 0 Å². The Bertz CT molecular complexity index is 1130. The lowest BCUT2D eigenvalue weighted by atomic mass is 10.0. The van der Waals surface area contributed by atoms with Gasteiger partial charge in [-0.3, -0.25) is 19.1 Å². The molecule has 2 amide bonds. The maximum absolute atomic E-state index is 13.0. The van der Waals surface area contributed by atoms with Crippen molar-refractivity contribution in [2.75, 3.05) is 57.9 Å². The van der Waals surface area contributed by atoms with Crippen LogP contribution in [-0.4, -0.2) is 83.7 Å². The normalized spacial score (nSPS) is 17.5. The molecule has 0 atom stereocenters. The van der Waals surface area contributed by atoms with Gasteiger partial charge in [-0.05, 0) is 25.5 Å². The van der Waals surface area contributed by atoms with Crippen LogP contribution in [0.25, 0.3) is 6.08 Å². The van der Waals surface area contributed by atoms with Gasteiger partial charge in [0.2, 0.25) is 0 Å². The number of nitrogens with zero attached hydrogens (tertiary/aromatic N) is 5. The second kappa shape index (κ2) is 11.0. The van der Waals surface area contributed by atoms with E-state index in [9.17, 15) is 19.6 Å². The fourth-order valence-corrected chi connectivity index (χ4v) is 5.21. The Morgan fingerprint density at radius 2 is 1.94 bits per heavy atom. The molecule has 0 aliphatic carbocycles. The third-order valence-corrected chi connectivity index (χ3v) is 7.12. The predicted molar refractivity (Wildman–Crippen MR) is 134 cm³/mol. The summed E-state index contributed by atoms with van der Waals surface area (Å²) in [4.78, 5) is 43.5. The number of thioether (sulfide) groups is 1. The Kier molecular flexibility index (Phi) is 8.35. The molecule has 0 aromatic carbocycles. The molecule has 0 radical (unpaired) electrons. The number of hydrogen-bond acceptors (Lipinski definition) is 9. The quantitative estimate of drug-likeness (QED) is 0.421. The minimum atomic E-state index is -0.410. The summed E-state index contributed by atoms with van der Waals surface area (Å²) in [7, 11) is 3.16. The van der Waals surface area contributed by atoms with E-state index < -0.39 is 5.56 Å². The number of thiocarbonyl (C=S) groups is 1. The molecular weight excluding hydrogens is 478 g/mol. The van der Waals surface area contributed by atoms with Gasteiger partial charge in [0.15, 0.2) is 0 Å². The van der Waals surface area contributed by atoms with Crippen LogP contribution in [0.15, 0.2) is 9.70 Å². The van der Waals surface area contributed by atoms with E-state index in [1.807, 2.05) is 11.0 Å². The van der Waals surface area contributed by atoms with Crippen LogP contribution in [0.5, 0.6) is 0 Å². The van der Waals surface area contributed by atoms with E-state index in [1.165, 1.54) is 21.2 Å². The highest BCUT2D eigenvalue weighted by Crippen LogP contribution is 2.35. The smallest absolute Gasteiger partial charge is 0.409 e. The number of aromatic nitrogens is 1. The largest absolute Gasteiger partial charge is 0.450 e. The summed E-state index contributed by atoms with van der Waals surface area (Å²) in [6.45, 7) is 6.23. The predicted octanol–water partition coefficient (Wildman–Crippen LogP) is 1.69. The first-order valence-electron chi connectivity index (χ1n) is 10.8. The van der Waals surface area contributed by atoms with Crippen molar-refractivity contribution >= 4 is 52.2 Å². The fourth-order valence-electron chi connectivity index (χ4n) is 3.92. The highest BCUT2D eigenvalue weighted by atomic mass is 32.2. The summed E-state index contributed by atoms with van der Waals surface area (Å²) in [5, 5.41) is 9.62. The molecular formula is C22H27N5O5S2. The van der Waals surface area contributed by atoms with Gasteiger partial charge in [0.1, 0.15) is 21.8 Å². The average molecular weight is 506 g/mol. The topological polar surface area (TPSA) is 108 Å². The second-order valence-electron chi connectivity index (χ2n) is 7.71. The third kappa shape index (κ3) is 4.96.